The molecule has 1 saturated heterocycles. The summed E-state index contributed by atoms with van der Waals surface area (Å²) in [5, 5.41) is 10.6. The third-order valence-corrected chi connectivity index (χ3v) is 8.37. The molecule has 6 atom stereocenters. The number of nitrogens with zero attached hydrogens (tertiary/aromatic N) is 2. The van der Waals surface area contributed by atoms with Gasteiger partial charge in [0.25, 0.3) is 0 Å². The van der Waals surface area contributed by atoms with Gasteiger partial charge in [0.2, 0.25) is 0 Å². The third-order valence-electron chi connectivity index (χ3n) is 4.19. The minimum absolute atomic E-state index is 0.0108. The highest BCUT2D eigenvalue weighted by molar-refractivity contribution is 7.66. The SMILES string of the molecule is C=C1N=C(N)C=CN1[C@@H]1O[C@](CF)(COP(=O)(O)OP(=O)(O)OP(=O)(O)O)[C@@H](O)[C@@]1(C)Cl. The van der Waals surface area contributed by atoms with Gasteiger partial charge in [-0.25, -0.2) is 23.1 Å². The van der Waals surface area contributed by atoms with Gasteiger partial charge >= 0.3 is 23.5 Å². The average molecular weight is 546 g/mol. The molecule has 0 aromatic carbocycles. The molecule has 0 aliphatic carbocycles. The molecule has 2 rings (SSSR count). The second-order valence-corrected chi connectivity index (χ2v) is 12.0. The van der Waals surface area contributed by atoms with Crippen LogP contribution in [0.4, 0.5) is 4.39 Å². The molecule has 1 fully saturated rings. The van der Waals surface area contributed by atoms with Gasteiger partial charge in [-0.2, -0.15) is 8.62 Å². The predicted molar refractivity (Wildman–Crippen MR) is 105 cm³/mol. The zero-order valence-corrected chi connectivity index (χ0v) is 19.5. The number of nitrogens with two attached hydrogens (primary N) is 1. The summed E-state index contributed by atoms with van der Waals surface area (Å²) in [6.07, 6.45) is -0.582. The van der Waals surface area contributed by atoms with Gasteiger partial charge in [0.05, 0.1) is 6.61 Å². The summed E-state index contributed by atoms with van der Waals surface area (Å²) in [5.41, 5.74) is 3.15. The predicted octanol–water partition coefficient (Wildman–Crippen LogP) is 0.410. The molecule has 2 aliphatic rings. The number of hydrogen-bond donors (Lipinski definition) is 6. The van der Waals surface area contributed by atoms with E-state index in [1.165, 1.54) is 24.1 Å². The molecule has 2 aliphatic heterocycles. The molecule has 0 amide bonds. The zero-order chi connectivity index (χ0) is 24.8. The van der Waals surface area contributed by atoms with E-state index in [9.17, 15) is 33.0 Å². The van der Waals surface area contributed by atoms with Crippen LogP contribution in [0.25, 0.3) is 0 Å². The van der Waals surface area contributed by atoms with Gasteiger partial charge in [-0.1, -0.05) is 6.58 Å². The Morgan fingerprint density at radius 2 is 1.91 bits per heavy atom. The molecule has 2 heterocycles. The highest BCUT2D eigenvalue weighted by Gasteiger charge is 2.63. The van der Waals surface area contributed by atoms with Crippen molar-refractivity contribution >= 4 is 40.9 Å². The Morgan fingerprint density at radius 1 is 1.31 bits per heavy atom. The van der Waals surface area contributed by atoms with E-state index >= 15 is 0 Å². The molecule has 0 saturated carbocycles. The molecule has 7 N–H and O–H groups in total. The lowest BCUT2D eigenvalue weighted by atomic mass is 9.91. The second kappa shape index (κ2) is 9.16. The van der Waals surface area contributed by atoms with Gasteiger partial charge in [0, 0.05) is 6.20 Å². The molecular formula is C12H20ClFN3O12P3. The number of amidine groups is 1. The molecular weight excluding hydrogens is 526 g/mol. The van der Waals surface area contributed by atoms with Crippen molar-refractivity contribution in [1.82, 2.24) is 4.90 Å². The summed E-state index contributed by atoms with van der Waals surface area (Å²) < 4.78 is 65.1. The minimum Gasteiger partial charge on any atom is -0.388 e. The van der Waals surface area contributed by atoms with E-state index in [1.807, 2.05) is 0 Å². The molecule has 15 nitrogen and oxygen atoms in total. The average Bonchev–Trinajstić information content (AvgIpc) is 2.78. The van der Waals surface area contributed by atoms with Crippen LogP contribution in [0.5, 0.6) is 0 Å². The summed E-state index contributed by atoms with van der Waals surface area (Å²) >= 11 is 6.36. The fraction of sp³-hybridized carbons (Fsp3) is 0.583. The van der Waals surface area contributed by atoms with Gasteiger partial charge in [-0.3, -0.25) is 4.52 Å². The van der Waals surface area contributed by atoms with E-state index in [2.05, 4.69) is 24.7 Å². The molecule has 2 unspecified atom stereocenters. The van der Waals surface area contributed by atoms with E-state index in [0.717, 1.165) is 0 Å². The first-order valence-corrected chi connectivity index (χ1v) is 13.1. The topological polar surface area (TPSA) is 231 Å². The molecule has 0 spiro atoms. The highest BCUT2D eigenvalue weighted by atomic mass is 35.5. The molecule has 0 aromatic heterocycles. The van der Waals surface area contributed by atoms with Gasteiger partial charge in [-0.15, -0.1) is 11.6 Å². The zero-order valence-electron chi connectivity index (χ0n) is 16.1. The van der Waals surface area contributed by atoms with E-state index in [-0.39, 0.29) is 11.7 Å². The van der Waals surface area contributed by atoms with Crippen molar-refractivity contribution in [2.45, 2.75) is 29.7 Å². The highest BCUT2D eigenvalue weighted by Crippen LogP contribution is 2.66. The van der Waals surface area contributed by atoms with Crippen LogP contribution in [0.1, 0.15) is 6.92 Å². The number of aliphatic hydroxyl groups excluding tert-OH is 1. The van der Waals surface area contributed by atoms with Crippen LogP contribution in [0.3, 0.4) is 0 Å². The number of ether oxygens (including phenoxy) is 1. The fourth-order valence-electron chi connectivity index (χ4n) is 2.83. The number of halogens is 2. The van der Waals surface area contributed by atoms with Crippen LogP contribution < -0.4 is 5.73 Å². The van der Waals surface area contributed by atoms with Gasteiger partial charge in [0.15, 0.2) is 11.8 Å². The second-order valence-electron chi connectivity index (χ2n) is 6.76. The molecule has 32 heavy (non-hydrogen) atoms. The summed E-state index contributed by atoms with van der Waals surface area (Å²) in [4.78, 5) is 39.1. The molecule has 0 radical (unpaired) electrons. The maximum Gasteiger partial charge on any atom is 0.490 e. The van der Waals surface area contributed by atoms with E-state index in [4.69, 9.17) is 31.9 Å². The third kappa shape index (κ3) is 6.24. The quantitative estimate of drug-likeness (QED) is 0.170. The van der Waals surface area contributed by atoms with Crippen molar-refractivity contribution in [2.75, 3.05) is 13.3 Å². The Bertz CT molecular complexity index is 972. The molecule has 184 valence electrons. The van der Waals surface area contributed by atoms with Crippen LogP contribution in [-0.2, 0) is 31.6 Å². The number of aliphatic imine (C=N–C) groups is 1. The van der Waals surface area contributed by atoms with Crippen molar-refractivity contribution in [1.29, 1.82) is 0 Å². The largest absolute Gasteiger partial charge is 0.490 e. The van der Waals surface area contributed by atoms with E-state index < -0.39 is 59.6 Å². The van der Waals surface area contributed by atoms with Gasteiger partial charge < -0.3 is 40.1 Å². The minimum atomic E-state index is -5.80. The maximum atomic E-state index is 14.0. The Balaban J connectivity index is 2.21. The Labute approximate surface area is 185 Å². The molecule has 0 bridgehead atoms. The van der Waals surface area contributed by atoms with Crippen molar-refractivity contribution < 1.29 is 60.6 Å². The van der Waals surface area contributed by atoms with Crippen LogP contribution in [-0.4, -0.2) is 71.5 Å². The first-order valence-electron chi connectivity index (χ1n) is 8.23. The van der Waals surface area contributed by atoms with Crippen LogP contribution in [0.2, 0.25) is 0 Å². The number of rotatable bonds is 9. The number of phosphoric acid groups is 3. The fourth-order valence-corrected chi connectivity index (χ4v) is 6.26. The Hall–Kier alpha value is -0.700. The first-order chi connectivity index (χ1) is 14.3. The summed E-state index contributed by atoms with van der Waals surface area (Å²) in [6.45, 7) is 2.10. The number of alkyl halides is 2. The lowest BCUT2D eigenvalue weighted by molar-refractivity contribution is -0.140. The van der Waals surface area contributed by atoms with Crippen LogP contribution in [0.15, 0.2) is 29.7 Å². The smallest absolute Gasteiger partial charge is 0.388 e. The Kier molecular flexibility index (Phi) is 7.88. The number of aliphatic hydroxyl groups is 1. The standard InChI is InChI=1S/C12H20ClFN3O12P3/c1-7-16-8(15)3-4-17(7)10-11(2,13)9(18)12(5-14,27-10)6-26-31(22,23)29-32(24,25)28-30(19,20)21/h3-4,9-10,18H,1,5-6H2,2H3,(H2,15,16)(H,22,23)(H,24,25)(H2,19,20,21)/t9-,10+,11+,12+/m0/s1. The van der Waals surface area contributed by atoms with Crippen molar-refractivity contribution in [3.05, 3.63) is 24.7 Å². The summed E-state index contributed by atoms with van der Waals surface area (Å²) in [7, 11) is -17.0. The van der Waals surface area contributed by atoms with E-state index in [0.29, 0.717) is 0 Å². The summed E-state index contributed by atoms with van der Waals surface area (Å²) in [6, 6.07) is 0. The van der Waals surface area contributed by atoms with Gasteiger partial charge in [-0.05, 0) is 13.0 Å². The monoisotopic (exact) mass is 545 g/mol. The van der Waals surface area contributed by atoms with E-state index in [1.54, 1.807) is 0 Å². The maximum absolute atomic E-state index is 14.0. The molecule has 0 aromatic rings. The lowest BCUT2D eigenvalue weighted by Gasteiger charge is -2.35. The molecule has 20 heteroatoms. The lowest BCUT2D eigenvalue weighted by Crippen LogP contribution is -2.51. The number of phosphoric ester groups is 1. The van der Waals surface area contributed by atoms with Crippen molar-refractivity contribution in [2.24, 2.45) is 10.7 Å². The van der Waals surface area contributed by atoms with Crippen LogP contribution >= 0.6 is 35.1 Å². The first kappa shape index (κ1) is 27.5. The van der Waals surface area contributed by atoms with Gasteiger partial charge in [0.1, 0.15) is 29.3 Å². The van der Waals surface area contributed by atoms with Crippen LogP contribution in [0, 0.1) is 0 Å². The van der Waals surface area contributed by atoms with Crippen molar-refractivity contribution in [3.8, 4) is 0 Å². The summed E-state index contributed by atoms with van der Waals surface area (Å²) in [5.74, 6) is 0.0992. The normalized spacial score (nSPS) is 34.8. The Morgan fingerprint density at radius 3 is 2.41 bits per heavy atom. The number of hydrogen-bond acceptors (Lipinski definition) is 11. The van der Waals surface area contributed by atoms with Crippen molar-refractivity contribution in [3.63, 3.8) is 0 Å².